The van der Waals surface area contributed by atoms with Crippen molar-refractivity contribution in [3.63, 3.8) is 0 Å². The summed E-state index contributed by atoms with van der Waals surface area (Å²) in [5, 5.41) is 2.77. The number of carbonyl (C=O) groups is 1. The number of aryl methyl sites for hydroxylation is 1. The van der Waals surface area contributed by atoms with Crippen LogP contribution in [0, 0.1) is 12.7 Å². The van der Waals surface area contributed by atoms with E-state index in [0.717, 1.165) is 12.8 Å². The molecule has 3 N–H and O–H groups in total. The molecule has 16 heavy (non-hydrogen) atoms. The third-order valence-corrected chi connectivity index (χ3v) is 2.95. The molecule has 0 saturated heterocycles. The van der Waals surface area contributed by atoms with Gasteiger partial charge < -0.3 is 11.1 Å². The number of hydrogen-bond donors (Lipinski definition) is 2. The Bertz CT molecular complexity index is 413. The lowest BCUT2D eigenvalue weighted by Crippen LogP contribution is -2.50. The second-order valence-corrected chi connectivity index (χ2v) is 4.34. The lowest BCUT2D eigenvalue weighted by Gasteiger charge is -2.33. The minimum Gasteiger partial charge on any atom is -0.349 e. The Kier molecular flexibility index (Phi) is 2.92. The van der Waals surface area contributed by atoms with Gasteiger partial charge in [-0.25, -0.2) is 4.39 Å². The first-order chi connectivity index (χ1) is 7.58. The van der Waals surface area contributed by atoms with Crippen LogP contribution < -0.4 is 11.1 Å². The zero-order valence-electron chi connectivity index (χ0n) is 9.16. The van der Waals surface area contributed by atoms with E-state index in [1.807, 2.05) is 0 Å². The van der Waals surface area contributed by atoms with E-state index >= 15 is 0 Å². The summed E-state index contributed by atoms with van der Waals surface area (Å²) in [6.45, 7) is 1.64. The average molecular weight is 222 g/mol. The van der Waals surface area contributed by atoms with E-state index in [4.69, 9.17) is 5.73 Å². The van der Waals surface area contributed by atoms with Gasteiger partial charge in [-0.2, -0.15) is 0 Å². The van der Waals surface area contributed by atoms with Gasteiger partial charge in [0.05, 0.1) is 5.56 Å². The van der Waals surface area contributed by atoms with Crippen LogP contribution in [0.15, 0.2) is 18.2 Å². The zero-order valence-corrected chi connectivity index (χ0v) is 9.16. The molecule has 1 aromatic carbocycles. The Morgan fingerprint density at radius 3 is 2.81 bits per heavy atom. The number of amides is 1. The van der Waals surface area contributed by atoms with Crippen molar-refractivity contribution in [2.24, 2.45) is 5.73 Å². The summed E-state index contributed by atoms with van der Waals surface area (Å²) in [5.74, 6) is -0.790. The normalized spacial score (nSPS) is 23.7. The molecule has 0 heterocycles. The van der Waals surface area contributed by atoms with E-state index in [2.05, 4.69) is 5.32 Å². The number of carbonyl (C=O) groups excluding carboxylic acids is 1. The molecule has 0 aliphatic heterocycles. The SMILES string of the molecule is Cc1cccc(C(=O)NC2CC(N)C2)c1F. The van der Waals surface area contributed by atoms with Crippen LogP contribution in [0.25, 0.3) is 0 Å². The van der Waals surface area contributed by atoms with Gasteiger partial charge in [0.1, 0.15) is 5.82 Å². The second kappa shape index (κ2) is 4.22. The highest BCUT2D eigenvalue weighted by atomic mass is 19.1. The molecule has 1 aliphatic carbocycles. The molecule has 4 heteroatoms. The number of nitrogens with one attached hydrogen (secondary N) is 1. The Hall–Kier alpha value is -1.42. The van der Waals surface area contributed by atoms with Crippen molar-refractivity contribution in [1.82, 2.24) is 5.32 Å². The molecule has 0 aromatic heterocycles. The fraction of sp³-hybridized carbons (Fsp3) is 0.417. The van der Waals surface area contributed by atoms with E-state index in [1.54, 1.807) is 19.1 Å². The molecule has 0 unspecified atom stereocenters. The monoisotopic (exact) mass is 222 g/mol. The van der Waals surface area contributed by atoms with E-state index < -0.39 is 5.82 Å². The largest absolute Gasteiger partial charge is 0.349 e. The number of rotatable bonds is 2. The summed E-state index contributed by atoms with van der Waals surface area (Å²) in [6, 6.07) is 5.09. The van der Waals surface area contributed by atoms with Gasteiger partial charge in [-0.15, -0.1) is 0 Å². The summed E-state index contributed by atoms with van der Waals surface area (Å²) in [7, 11) is 0. The van der Waals surface area contributed by atoms with Crippen LogP contribution >= 0.6 is 0 Å². The van der Waals surface area contributed by atoms with E-state index in [0.29, 0.717) is 5.56 Å². The van der Waals surface area contributed by atoms with E-state index in [1.165, 1.54) is 6.07 Å². The second-order valence-electron chi connectivity index (χ2n) is 4.34. The van der Waals surface area contributed by atoms with Crippen LogP contribution in [0.3, 0.4) is 0 Å². The van der Waals surface area contributed by atoms with Gasteiger partial charge in [0.2, 0.25) is 0 Å². The minimum absolute atomic E-state index is 0.0995. The fourth-order valence-corrected chi connectivity index (χ4v) is 1.87. The quantitative estimate of drug-likeness (QED) is 0.793. The molecule has 1 amide bonds. The van der Waals surface area contributed by atoms with Crippen molar-refractivity contribution < 1.29 is 9.18 Å². The van der Waals surface area contributed by atoms with E-state index in [9.17, 15) is 9.18 Å². The fourth-order valence-electron chi connectivity index (χ4n) is 1.87. The summed E-state index contributed by atoms with van der Waals surface area (Å²) in [4.78, 5) is 11.7. The van der Waals surface area contributed by atoms with Crippen LogP contribution in [0.2, 0.25) is 0 Å². The van der Waals surface area contributed by atoms with Crippen LogP contribution in [-0.4, -0.2) is 18.0 Å². The molecule has 0 spiro atoms. The topological polar surface area (TPSA) is 55.1 Å². The first kappa shape index (κ1) is 11.1. The predicted molar refractivity (Wildman–Crippen MR) is 59.6 cm³/mol. The van der Waals surface area contributed by atoms with Gasteiger partial charge in [0.15, 0.2) is 0 Å². The van der Waals surface area contributed by atoms with Crippen molar-refractivity contribution in [2.45, 2.75) is 31.8 Å². The molecule has 86 valence electrons. The molecule has 1 saturated carbocycles. The van der Waals surface area contributed by atoms with Crippen LogP contribution in [-0.2, 0) is 0 Å². The predicted octanol–water partition coefficient (Wildman–Crippen LogP) is 1.35. The van der Waals surface area contributed by atoms with Gasteiger partial charge >= 0.3 is 0 Å². The third kappa shape index (κ3) is 2.07. The number of benzene rings is 1. The Labute approximate surface area is 93.8 Å². The van der Waals surface area contributed by atoms with Crippen LogP contribution in [0.1, 0.15) is 28.8 Å². The van der Waals surface area contributed by atoms with Crippen molar-refractivity contribution in [3.05, 3.63) is 35.1 Å². The highest BCUT2D eigenvalue weighted by Crippen LogP contribution is 2.19. The van der Waals surface area contributed by atoms with Gasteiger partial charge in [-0.05, 0) is 31.4 Å². The molecule has 1 aliphatic rings. The zero-order chi connectivity index (χ0) is 11.7. The summed E-state index contributed by atoms with van der Waals surface area (Å²) >= 11 is 0. The minimum atomic E-state index is -0.441. The molecular weight excluding hydrogens is 207 g/mol. The Morgan fingerprint density at radius 1 is 1.50 bits per heavy atom. The molecule has 0 bridgehead atoms. The van der Waals surface area contributed by atoms with Gasteiger partial charge in [-0.1, -0.05) is 12.1 Å². The maximum Gasteiger partial charge on any atom is 0.254 e. The molecule has 2 rings (SSSR count). The maximum atomic E-state index is 13.6. The van der Waals surface area contributed by atoms with Crippen molar-refractivity contribution >= 4 is 5.91 Å². The third-order valence-electron chi connectivity index (χ3n) is 2.95. The highest BCUT2D eigenvalue weighted by Gasteiger charge is 2.28. The first-order valence-electron chi connectivity index (χ1n) is 5.39. The van der Waals surface area contributed by atoms with Crippen LogP contribution in [0.4, 0.5) is 4.39 Å². The van der Waals surface area contributed by atoms with E-state index in [-0.39, 0.29) is 23.6 Å². The smallest absolute Gasteiger partial charge is 0.254 e. The van der Waals surface area contributed by atoms with Crippen molar-refractivity contribution in [2.75, 3.05) is 0 Å². The molecule has 1 aromatic rings. The average Bonchev–Trinajstić information content (AvgIpc) is 2.19. The molecule has 0 atom stereocenters. The maximum absolute atomic E-state index is 13.6. The molecule has 3 nitrogen and oxygen atoms in total. The van der Waals surface area contributed by atoms with Gasteiger partial charge in [0.25, 0.3) is 5.91 Å². The Balaban J connectivity index is 2.06. The standard InChI is InChI=1S/C12H15FN2O/c1-7-3-2-4-10(11(7)13)12(16)15-9-5-8(14)6-9/h2-4,8-9H,5-6,14H2,1H3,(H,15,16). The van der Waals surface area contributed by atoms with Gasteiger partial charge in [0, 0.05) is 12.1 Å². The first-order valence-corrected chi connectivity index (χ1v) is 5.39. The lowest BCUT2D eigenvalue weighted by molar-refractivity contribution is 0.0906. The molecule has 1 fully saturated rings. The Morgan fingerprint density at radius 2 is 2.19 bits per heavy atom. The molecule has 0 radical (unpaired) electrons. The number of halogens is 1. The van der Waals surface area contributed by atoms with Crippen LogP contribution in [0.5, 0.6) is 0 Å². The highest BCUT2D eigenvalue weighted by molar-refractivity contribution is 5.94. The summed E-state index contributed by atoms with van der Waals surface area (Å²) in [5.41, 5.74) is 6.21. The van der Waals surface area contributed by atoms with Gasteiger partial charge in [-0.3, -0.25) is 4.79 Å². The molecular formula is C12H15FN2O. The number of nitrogens with two attached hydrogens (primary N) is 1. The van der Waals surface area contributed by atoms with Crippen molar-refractivity contribution in [1.29, 1.82) is 0 Å². The summed E-state index contributed by atoms with van der Waals surface area (Å²) < 4.78 is 13.6. The lowest BCUT2D eigenvalue weighted by atomic mass is 9.87. The number of hydrogen-bond acceptors (Lipinski definition) is 2. The van der Waals surface area contributed by atoms with Crippen molar-refractivity contribution in [3.8, 4) is 0 Å². The summed E-state index contributed by atoms with van der Waals surface area (Å²) in [6.07, 6.45) is 1.55.